The number of Topliss-reactive ketones (excluding diaryl/α,β-unsaturated/α-hetero) is 1. The van der Waals surface area contributed by atoms with Crippen molar-refractivity contribution in [3.8, 4) is 5.75 Å². The second-order valence-corrected chi connectivity index (χ2v) is 6.62. The summed E-state index contributed by atoms with van der Waals surface area (Å²) in [5, 5.41) is 2.75. The lowest BCUT2D eigenvalue weighted by Crippen LogP contribution is -2.22. The number of nitrogens with zero attached hydrogens (tertiary/aromatic N) is 2. The van der Waals surface area contributed by atoms with Gasteiger partial charge in [-0.1, -0.05) is 12.1 Å². The Bertz CT molecular complexity index is 828. The van der Waals surface area contributed by atoms with Crippen molar-refractivity contribution in [2.45, 2.75) is 31.6 Å². The molecule has 6 heteroatoms. The Balaban J connectivity index is 1.56. The molecule has 4 rings (SSSR count). The van der Waals surface area contributed by atoms with Crippen molar-refractivity contribution in [3.63, 3.8) is 0 Å². The van der Waals surface area contributed by atoms with Crippen LogP contribution in [0.25, 0.3) is 0 Å². The highest BCUT2D eigenvalue weighted by molar-refractivity contribution is 5.99. The number of fused-ring (bicyclic) bond motifs is 1. The van der Waals surface area contributed by atoms with E-state index in [0.717, 1.165) is 24.2 Å². The number of carbonyl (C=O) groups is 2. The van der Waals surface area contributed by atoms with Crippen LogP contribution in [0.5, 0.6) is 5.75 Å². The van der Waals surface area contributed by atoms with E-state index >= 15 is 0 Å². The molecule has 1 amide bonds. The standard InChI is InChI=1S/C19H19N3O3/c1-25-14-6-4-11(5-7-14)13-8-16-15(17(23)9-13)10-20-19(21-16)22-18(24)12-2-3-12/h4-7,10,12-13H,2-3,8-9H2,1H3,(H,20,21,22,24)/t13-/m1/s1. The number of nitrogens with one attached hydrogen (secondary N) is 1. The number of hydrogen-bond acceptors (Lipinski definition) is 5. The van der Waals surface area contributed by atoms with E-state index in [0.29, 0.717) is 30.0 Å². The molecule has 1 N–H and O–H groups in total. The van der Waals surface area contributed by atoms with Crippen LogP contribution in [0, 0.1) is 5.92 Å². The Morgan fingerprint density at radius 2 is 1.96 bits per heavy atom. The molecule has 0 radical (unpaired) electrons. The number of benzene rings is 1. The number of ether oxygens (including phenoxy) is 1. The molecule has 1 aromatic heterocycles. The van der Waals surface area contributed by atoms with Gasteiger partial charge < -0.3 is 4.74 Å². The molecule has 25 heavy (non-hydrogen) atoms. The van der Waals surface area contributed by atoms with Gasteiger partial charge in [0, 0.05) is 18.5 Å². The molecule has 0 aliphatic heterocycles. The molecule has 0 bridgehead atoms. The van der Waals surface area contributed by atoms with Crippen LogP contribution >= 0.6 is 0 Å². The van der Waals surface area contributed by atoms with Gasteiger partial charge >= 0.3 is 0 Å². The molecular formula is C19H19N3O3. The molecule has 0 unspecified atom stereocenters. The molecule has 0 saturated heterocycles. The Hall–Kier alpha value is -2.76. The number of aromatic nitrogens is 2. The number of rotatable bonds is 4. The minimum Gasteiger partial charge on any atom is -0.497 e. The Morgan fingerprint density at radius 3 is 2.64 bits per heavy atom. The van der Waals surface area contributed by atoms with Crippen LogP contribution in [-0.2, 0) is 11.2 Å². The summed E-state index contributed by atoms with van der Waals surface area (Å²) in [6.07, 6.45) is 4.49. The van der Waals surface area contributed by atoms with E-state index < -0.39 is 0 Å². The summed E-state index contributed by atoms with van der Waals surface area (Å²) < 4.78 is 5.18. The van der Waals surface area contributed by atoms with Gasteiger partial charge in [0.25, 0.3) is 0 Å². The van der Waals surface area contributed by atoms with Crippen molar-refractivity contribution in [3.05, 3.63) is 47.3 Å². The lowest BCUT2D eigenvalue weighted by atomic mass is 9.82. The maximum atomic E-state index is 12.5. The molecule has 2 aromatic rings. The monoisotopic (exact) mass is 337 g/mol. The highest BCUT2D eigenvalue weighted by Gasteiger charge is 2.31. The van der Waals surface area contributed by atoms with Gasteiger partial charge in [0.05, 0.1) is 18.4 Å². The lowest BCUT2D eigenvalue weighted by molar-refractivity contribution is -0.117. The molecule has 1 aromatic carbocycles. The second kappa shape index (κ2) is 6.27. The van der Waals surface area contributed by atoms with E-state index in [9.17, 15) is 9.59 Å². The van der Waals surface area contributed by atoms with E-state index in [1.165, 1.54) is 6.20 Å². The van der Waals surface area contributed by atoms with Gasteiger partial charge in [-0.15, -0.1) is 0 Å². The number of carbonyl (C=O) groups excluding carboxylic acids is 2. The van der Waals surface area contributed by atoms with Crippen LogP contribution in [-0.4, -0.2) is 28.8 Å². The van der Waals surface area contributed by atoms with Crippen LogP contribution < -0.4 is 10.1 Å². The van der Waals surface area contributed by atoms with Gasteiger partial charge in [0.15, 0.2) is 5.78 Å². The van der Waals surface area contributed by atoms with Crippen molar-refractivity contribution >= 4 is 17.6 Å². The summed E-state index contributed by atoms with van der Waals surface area (Å²) in [5.41, 5.74) is 2.36. The first-order valence-electron chi connectivity index (χ1n) is 8.48. The first kappa shape index (κ1) is 15.7. The molecule has 2 aliphatic carbocycles. The molecule has 128 valence electrons. The molecule has 6 nitrogen and oxygen atoms in total. The van der Waals surface area contributed by atoms with Crippen LogP contribution in [0.2, 0.25) is 0 Å². The Morgan fingerprint density at radius 1 is 1.20 bits per heavy atom. The smallest absolute Gasteiger partial charge is 0.229 e. The third-order valence-corrected chi connectivity index (χ3v) is 4.81. The Labute approximate surface area is 145 Å². The number of methoxy groups -OCH3 is 1. The average molecular weight is 337 g/mol. The number of hydrogen-bond donors (Lipinski definition) is 1. The summed E-state index contributed by atoms with van der Waals surface area (Å²) in [4.78, 5) is 32.9. The van der Waals surface area contributed by atoms with Gasteiger partial charge in [0.2, 0.25) is 11.9 Å². The summed E-state index contributed by atoms with van der Waals surface area (Å²) in [6, 6.07) is 7.77. The molecule has 1 atom stereocenters. The number of anilines is 1. The van der Waals surface area contributed by atoms with E-state index in [1.54, 1.807) is 7.11 Å². The zero-order valence-electron chi connectivity index (χ0n) is 14.0. The SMILES string of the molecule is COc1ccc([C@H]2CC(=O)c3cnc(NC(=O)C4CC4)nc3C2)cc1. The lowest BCUT2D eigenvalue weighted by Gasteiger charge is -2.23. The first-order valence-corrected chi connectivity index (χ1v) is 8.48. The fourth-order valence-corrected chi connectivity index (χ4v) is 3.17. The van der Waals surface area contributed by atoms with Crippen LogP contribution in [0.1, 0.15) is 46.8 Å². The van der Waals surface area contributed by atoms with Crippen LogP contribution in [0.3, 0.4) is 0 Å². The van der Waals surface area contributed by atoms with Crippen molar-refractivity contribution < 1.29 is 14.3 Å². The maximum absolute atomic E-state index is 12.5. The summed E-state index contributed by atoms with van der Waals surface area (Å²) in [7, 11) is 1.63. The highest BCUT2D eigenvalue weighted by atomic mass is 16.5. The third-order valence-electron chi connectivity index (χ3n) is 4.81. The number of amides is 1. The first-order chi connectivity index (χ1) is 12.1. The molecule has 1 heterocycles. The maximum Gasteiger partial charge on any atom is 0.229 e. The van der Waals surface area contributed by atoms with Gasteiger partial charge in [-0.2, -0.15) is 0 Å². The van der Waals surface area contributed by atoms with Crippen LogP contribution in [0.15, 0.2) is 30.5 Å². The van der Waals surface area contributed by atoms with E-state index in [1.807, 2.05) is 24.3 Å². The Kier molecular flexibility index (Phi) is 3.95. The van der Waals surface area contributed by atoms with Crippen LogP contribution in [0.4, 0.5) is 5.95 Å². The molecule has 1 fully saturated rings. The predicted molar refractivity (Wildman–Crippen MR) is 91.8 cm³/mol. The van der Waals surface area contributed by atoms with E-state index in [-0.39, 0.29) is 23.5 Å². The van der Waals surface area contributed by atoms with Crippen molar-refractivity contribution in [1.29, 1.82) is 0 Å². The summed E-state index contributed by atoms with van der Waals surface area (Å²) in [5.74, 6) is 1.26. The quantitative estimate of drug-likeness (QED) is 0.928. The fourth-order valence-electron chi connectivity index (χ4n) is 3.17. The molecule has 1 saturated carbocycles. The summed E-state index contributed by atoms with van der Waals surface area (Å²) >= 11 is 0. The minimum atomic E-state index is -0.0335. The van der Waals surface area contributed by atoms with Gasteiger partial charge in [-0.05, 0) is 42.9 Å². The zero-order chi connectivity index (χ0) is 17.4. The normalized spacial score (nSPS) is 19.2. The van der Waals surface area contributed by atoms with Crippen molar-refractivity contribution in [1.82, 2.24) is 9.97 Å². The topological polar surface area (TPSA) is 81.2 Å². The second-order valence-electron chi connectivity index (χ2n) is 6.62. The highest BCUT2D eigenvalue weighted by Crippen LogP contribution is 2.33. The zero-order valence-corrected chi connectivity index (χ0v) is 14.0. The summed E-state index contributed by atoms with van der Waals surface area (Å²) in [6.45, 7) is 0. The van der Waals surface area contributed by atoms with Crippen molar-refractivity contribution in [2.24, 2.45) is 5.92 Å². The fraction of sp³-hybridized carbons (Fsp3) is 0.368. The van der Waals surface area contributed by atoms with Crippen molar-refractivity contribution in [2.75, 3.05) is 12.4 Å². The molecular weight excluding hydrogens is 318 g/mol. The number of ketones is 1. The largest absolute Gasteiger partial charge is 0.497 e. The van der Waals surface area contributed by atoms with E-state index in [2.05, 4.69) is 15.3 Å². The molecule has 0 spiro atoms. The van der Waals surface area contributed by atoms with Gasteiger partial charge in [-0.25, -0.2) is 9.97 Å². The molecule has 2 aliphatic rings. The minimum absolute atomic E-state index is 0.0335. The average Bonchev–Trinajstić information content (AvgIpc) is 3.46. The predicted octanol–water partition coefficient (Wildman–Crippen LogP) is 2.75. The van der Waals surface area contributed by atoms with Gasteiger partial charge in [0.1, 0.15) is 5.75 Å². The van der Waals surface area contributed by atoms with Gasteiger partial charge in [-0.3, -0.25) is 14.9 Å². The van der Waals surface area contributed by atoms with E-state index in [4.69, 9.17) is 4.74 Å². The third kappa shape index (κ3) is 3.24.